The SMILES string of the molecule is CN(C)c1ccc(/C=N/c2nc[nH]c2C(N)=O)cc1. The Hall–Kier alpha value is -2.63. The Balaban J connectivity index is 2.18. The standard InChI is InChI=1S/C13H15N5O/c1-18(2)10-5-3-9(4-6-10)7-15-13-11(12(14)19)16-8-17-13/h3-8H,1-2H3,(H2,14,19)(H,16,17)/b15-7+. The lowest BCUT2D eigenvalue weighted by molar-refractivity contribution is 0.0997. The fourth-order valence-electron chi connectivity index (χ4n) is 1.56. The van der Waals surface area contributed by atoms with E-state index >= 15 is 0 Å². The van der Waals surface area contributed by atoms with Crippen LogP contribution in [0.4, 0.5) is 11.5 Å². The van der Waals surface area contributed by atoms with Crippen LogP contribution in [-0.4, -0.2) is 36.2 Å². The molecule has 3 N–H and O–H groups in total. The molecule has 1 amide bonds. The smallest absolute Gasteiger partial charge is 0.269 e. The summed E-state index contributed by atoms with van der Waals surface area (Å²) in [5.74, 6) is -0.281. The number of anilines is 1. The molecule has 0 saturated heterocycles. The van der Waals surface area contributed by atoms with Gasteiger partial charge in [-0.05, 0) is 17.7 Å². The van der Waals surface area contributed by atoms with Crippen LogP contribution in [0.15, 0.2) is 35.6 Å². The maximum atomic E-state index is 11.1. The number of aliphatic imine (C=N–C) groups is 1. The summed E-state index contributed by atoms with van der Waals surface area (Å²) in [6.07, 6.45) is 3.03. The molecule has 0 fully saturated rings. The number of carbonyl (C=O) groups excluding carboxylic acids is 1. The number of nitrogens with zero attached hydrogens (tertiary/aromatic N) is 3. The predicted octanol–water partition coefficient (Wildman–Crippen LogP) is 1.33. The zero-order valence-corrected chi connectivity index (χ0v) is 10.8. The van der Waals surface area contributed by atoms with Gasteiger partial charge in [-0.1, -0.05) is 12.1 Å². The number of hydrogen-bond donors (Lipinski definition) is 2. The summed E-state index contributed by atoms with van der Waals surface area (Å²) >= 11 is 0. The molecule has 1 heterocycles. The van der Waals surface area contributed by atoms with Crippen molar-refractivity contribution >= 4 is 23.6 Å². The van der Waals surface area contributed by atoms with Gasteiger partial charge in [0, 0.05) is 26.0 Å². The third kappa shape index (κ3) is 2.98. The lowest BCUT2D eigenvalue weighted by Crippen LogP contribution is -2.11. The van der Waals surface area contributed by atoms with Crippen LogP contribution in [0.25, 0.3) is 0 Å². The van der Waals surface area contributed by atoms with Crippen LogP contribution in [0.3, 0.4) is 0 Å². The number of aromatic amines is 1. The van der Waals surface area contributed by atoms with Crippen LogP contribution in [0.2, 0.25) is 0 Å². The number of H-pyrrole nitrogens is 1. The Labute approximate surface area is 111 Å². The van der Waals surface area contributed by atoms with E-state index in [1.165, 1.54) is 6.33 Å². The monoisotopic (exact) mass is 257 g/mol. The van der Waals surface area contributed by atoms with Crippen molar-refractivity contribution in [2.24, 2.45) is 10.7 Å². The van der Waals surface area contributed by atoms with Gasteiger partial charge >= 0.3 is 0 Å². The average Bonchev–Trinajstić information content (AvgIpc) is 2.85. The Kier molecular flexibility index (Phi) is 3.61. The molecular formula is C13H15N5O. The maximum Gasteiger partial charge on any atom is 0.269 e. The van der Waals surface area contributed by atoms with Crippen LogP contribution in [0.1, 0.15) is 16.1 Å². The number of carbonyl (C=O) groups is 1. The molecule has 2 rings (SSSR count). The zero-order valence-electron chi connectivity index (χ0n) is 10.8. The van der Waals surface area contributed by atoms with Crippen LogP contribution in [0, 0.1) is 0 Å². The molecule has 0 aliphatic rings. The van der Waals surface area contributed by atoms with E-state index in [9.17, 15) is 4.79 Å². The van der Waals surface area contributed by atoms with E-state index in [1.807, 2.05) is 43.3 Å². The Morgan fingerprint density at radius 1 is 1.37 bits per heavy atom. The molecule has 0 bridgehead atoms. The third-order valence-electron chi connectivity index (χ3n) is 2.61. The minimum atomic E-state index is -0.576. The van der Waals surface area contributed by atoms with Gasteiger partial charge in [-0.25, -0.2) is 9.98 Å². The number of amides is 1. The van der Waals surface area contributed by atoms with Crippen molar-refractivity contribution in [3.8, 4) is 0 Å². The molecule has 0 radical (unpaired) electrons. The summed E-state index contributed by atoms with van der Waals surface area (Å²) in [4.78, 5) is 23.8. The minimum Gasteiger partial charge on any atom is -0.378 e. The van der Waals surface area contributed by atoms with E-state index in [4.69, 9.17) is 5.73 Å². The highest BCUT2D eigenvalue weighted by Crippen LogP contribution is 2.14. The highest BCUT2D eigenvalue weighted by molar-refractivity contribution is 5.96. The summed E-state index contributed by atoms with van der Waals surface area (Å²) in [5, 5.41) is 0. The van der Waals surface area contributed by atoms with Gasteiger partial charge < -0.3 is 15.6 Å². The van der Waals surface area contributed by atoms with E-state index in [0.717, 1.165) is 11.3 Å². The fourth-order valence-corrected chi connectivity index (χ4v) is 1.56. The summed E-state index contributed by atoms with van der Waals surface area (Å²) in [6, 6.07) is 7.85. The second kappa shape index (κ2) is 5.34. The van der Waals surface area contributed by atoms with Crippen molar-refractivity contribution in [3.05, 3.63) is 41.9 Å². The summed E-state index contributed by atoms with van der Waals surface area (Å²) in [5.41, 5.74) is 7.43. The molecule has 0 spiro atoms. The molecule has 0 unspecified atom stereocenters. The van der Waals surface area contributed by atoms with Crippen molar-refractivity contribution in [1.82, 2.24) is 9.97 Å². The molecule has 6 nitrogen and oxygen atoms in total. The molecule has 1 aromatic heterocycles. The normalized spacial score (nSPS) is 10.8. The van der Waals surface area contributed by atoms with Gasteiger partial charge in [-0.3, -0.25) is 4.79 Å². The van der Waals surface area contributed by atoms with E-state index in [2.05, 4.69) is 15.0 Å². The van der Waals surface area contributed by atoms with Crippen LogP contribution in [-0.2, 0) is 0 Å². The molecule has 2 aromatic rings. The lowest BCUT2D eigenvalue weighted by Gasteiger charge is -2.11. The maximum absolute atomic E-state index is 11.1. The second-order valence-electron chi connectivity index (χ2n) is 4.21. The molecule has 1 aromatic carbocycles. The molecule has 0 aliphatic heterocycles. The number of hydrogen-bond acceptors (Lipinski definition) is 4. The Bertz CT molecular complexity index is 598. The third-order valence-corrected chi connectivity index (χ3v) is 2.61. The first-order chi connectivity index (χ1) is 9.08. The molecule has 0 saturated carbocycles. The number of aromatic nitrogens is 2. The second-order valence-corrected chi connectivity index (χ2v) is 4.21. The van der Waals surface area contributed by atoms with E-state index in [1.54, 1.807) is 6.21 Å². The highest BCUT2D eigenvalue weighted by atomic mass is 16.1. The van der Waals surface area contributed by atoms with Gasteiger partial charge in [0.2, 0.25) is 0 Å². The highest BCUT2D eigenvalue weighted by Gasteiger charge is 2.08. The first-order valence-electron chi connectivity index (χ1n) is 5.72. The number of primary amides is 1. The van der Waals surface area contributed by atoms with Crippen LogP contribution < -0.4 is 10.6 Å². The van der Waals surface area contributed by atoms with Crippen LogP contribution >= 0.6 is 0 Å². The van der Waals surface area contributed by atoms with Crippen molar-refractivity contribution < 1.29 is 4.79 Å². The summed E-state index contributed by atoms with van der Waals surface area (Å²) < 4.78 is 0. The van der Waals surface area contributed by atoms with Crippen LogP contribution in [0.5, 0.6) is 0 Å². The Morgan fingerprint density at radius 3 is 2.63 bits per heavy atom. The molecule has 6 heteroatoms. The first kappa shape index (κ1) is 12.8. The van der Waals surface area contributed by atoms with Gasteiger partial charge in [-0.15, -0.1) is 0 Å². The minimum absolute atomic E-state index is 0.209. The predicted molar refractivity (Wildman–Crippen MR) is 75.1 cm³/mol. The van der Waals surface area contributed by atoms with Gasteiger partial charge in [-0.2, -0.15) is 0 Å². The average molecular weight is 257 g/mol. The van der Waals surface area contributed by atoms with Gasteiger partial charge in [0.25, 0.3) is 5.91 Å². The van der Waals surface area contributed by atoms with Crippen molar-refractivity contribution in [2.45, 2.75) is 0 Å². The quantitative estimate of drug-likeness (QED) is 0.810. The number of nitrogens with two attached hydrogens (primary N) is 1. The molecule has 19 heavy (non-hydrogen) atoms. The molecular weight excluding hydrogens is 242 g/mol. The van der Waals surface area contributed by atoms with Crippen molar-refractivity contribution in [2.75, 3.05) is 19.0 Å². The van der Waals surface area contributed by atoms with E-state index in [-0.39, 0.29) is 5.69 Å². The largest absolute Gasteiger partial charge is 0.378 e. The Morgan fingerprint density at radius 2 is 2.05 bits per heavy atom. The number of rotatable bonds is 4. The first-order valence-corrected chi connectivity index (χ1v) is 5.72. The number of imidazole rings is 1. The molecule has 98 valence electrons. The fraction of sp³-hybridized carbons (Fsp3) is 0.154. The number of benzene rings is 1. The number of nitrogens with one attached hydrogen (secondary N) is 1. The summed E-state index contributed by atoms with van der Waals surface area (Å²) in [6.45, 7) is 0. The summed E-state index contributed by atoms with van der Waals surface area (Å²) in [7, 11) is 3.96. The topological polar surface area (TPSA) is 87.4 Å². The van der Waals surface area contributed by atoms with Gasteiger partial charge in [0.05, 0.1) is 6.33 Å². The van der Waals surface area contributed by atoms with Crippen molar-refractivity contribution in [3.63, 3.8) is 0 Å². The zero-order chi connectivity index (χ0) is 13.8. The van der Waals surface area contributed by atoms with E-state index < -0.39 is 5.91 Å². The van der Waals surface area contributed by atoms with Gasteiger partial charge in [0.15, 0.2) is 11.5 Å². The molecule has 0 atom stereocenters. The lowest BCUT2D eigenvalue weighted by atomic mass is 10.2. The molecule has 0 aliphatic carbocycles. The van der Waals surface area contributed by atoms with Crippen molar-refractivity contribution in [1.29, 1.82) is 0 Å². The van der Waals surface area contributed by atoms with E-state index in [0.29, 0.717) is 5.82 Å². The van der Waals surface area contributed by atoms with Gasteiger partial charge in [0.1, 0.15) is 0 Å².